The lowest BCUT2D eigenvalue weighted by atomic mass is 9.70. The molecule has 7 nitrogen and oxygen atoms in total. The van der Waals surface area contributed by atoms with Crippen LogP contribution in [-0.2, 0) is 14.4 Å². The van der Waals surface area contributed by atoms with E-state index in [9.17, 15) is 19.5 Å². The summed E-state index contributed by atoms with van der Waals surface area (Å²) in [4.78, 5) is 48.9. The maximum Gasteiger partial charge on any atom is 0.247 e. The number of aliphatic hydroxyl groups is 1. The lowest BCUT2D eigenvalue weighted by Crippen LogP contribution is -2.60. The zero-order valence-corrected chi connectivity index (χ0v) is 27.3. The van der Waals surface area contributed by atoms with Gasteiger partial charge >= 0.3 is 0 Å². The molecular weight excluding hydrogens is 534 g/mol. The van der Waals surface area contributed by atoms with Gasteiger partial charge in [-0.2, -0.15) is 0 Å². The Morgan fingerprint density at radius 2 is 1.73 bits per heavy atom. The third-order valence-electron chi connectivity index (χ3n) is 9.05. The lowest BCUT2D eigenvalue weighted by Gasteiger charge is -2.46. The Balaban J connectivity index is 2.03. The molecule has 3 heterocycles. The molecular formula is C33H55N3O4S. The van der Waals surface area contributed by atoms with Crippen LogP contribution in [0.1, 0.15) is 92.9 Å². The van der Waals surface area contributed by atoms with Gasteiger partial charge in [0.25, 0.3) is 0 Å². The second kappa shape index (κ2) is 13.7. The number of carbonyl (C=O) groups is 3. The molecule has 41 heavy (non-hydrogen) atoms. The van der Waals surface area contributed by atoms with E-state index in [1.807, 2.05) is 14.7 Å². The van der Waals surface area contributed by atoms with Crippen LogP contribution in [0.25, 0.3) is 0 Å². The SMILES string of the molecule is C=CCN(CCC)C(=O)[C@@H]1[C@@H]2CCC3(S2)C(C(=O)N(CC=C)C(C)(C)CC(C)(C)C)N(CCCCCCO)C(=O)[C@H]13. The predicted molar refractivity (Wildman–Crippen MR) is 169 cm³/mol. The Hall–Kier alpha value is -1.80. The van der Waals surface area contributed by atoms with E-state index in [0.29, 0.717) is 26.2 Å². The zero-order valence-electron chi connectivity index (χ0n) is 26.5. The quantitative estimate of drug-likeness (QED) is 0.196. The molecule has 3 rings (SSSR count). The molecule has 3 fully saturated rings. The van der Waals surface area contributed by atoms with E-state index in [0.717, 1.165) is 51.4 Å². The lowest BCUT2D eigenvalue weighted by molar-refractivity contribution is -0.147. The number of unbranched alkanes of at least 4 members (excludes halogenated alkanes) is 3. The highest BCUT2D eigenvalue weighted by atomic mass is 32.2. The second-order valence-corrected chi connectivity index (χ2v) is 15.7. The summed E-state index contributed by atoms with van der Waals surface area (Å²) in [6.45, 7) is 22.9. The summed E-state index contributed by atoms with van der Waals surface area (Å²) in [5, 5.41) is 9.27. The Morgan fingerprint density at radius 1 is 1.07 bits per heavy atom. The Bertz CT molecular complexity index is 976. The van der Waals surface area contributed by atoms with Crippen LogP contribution in [0.2, 0.25) is 0 Å². The van der Waals surface area contributed by atoms with Crippen LogP contribution in [-0.4, -0.2) is 91.9 Å². The van der Waals surface area contributed by atoms with Gasteiger partial charge in [-0.15, -0.1) is 24.9 Å². The van der Waals surface area contributed by atoms with Crippen LogP contribution >= 0.6 is 11.8 Å². The molecule has 2 unspecified atom stereocenters. The molecule has 5 atom stereocenters. The number of hydrogen-bond donors (Lipinski definition) is 1. The topological polar surface area (TPSA) is 81.2 Å². The molecule has 3 aliphatic rings. The third kappa shape index (κ3) is 6.90. The summed E-state index contributed by atoms with van der Waals surface area (Å²) in [5.74, 6) is -0.886. The minimum atomic E-state index is -0.594. The van der Waals surface area contributed by atoms with Gasteiger partial charge in [-0.1, -0.05) is 52.7 Å². The zero-order chi connectivity index (χ0) is 30.6. The summed E-state index contributed by atoms with van der Waals surface area (Å²) in [5.41, 5.74) is -0.430. The Labute approximate surface area is 253 Å². The van der Waals surface area contributed by atoms with Gasteiger partial charge in [-0.3, -0.25) is 14.4 Å². The van der Waals surface area contributed by atoms with E-state index in [4.69, 9.17) is 0 Å². The molecule has 0 aromatic heterocycles. The number of carbonyl (C=O) groups excluding carboxylic acids is 3. The summed E-state index contributed by atoms with van der Waals surface area (Å²) in [6, 6.07) is -0.594. The van der Waals surface area contributed by atoms with Crippen molar-refractivity contribution >= 4 is 29.5 Å². The highest BCUT2D eigenvalue weighted by molar-refractivity contribution is 8.02. The molecule has 8 heteroatoms. The molecule has 0 saturated carbocycles. The van der Waals surface area contributed by atoms with Crippen molar-refractivity contribution in [3.8, 4) is 0 Å². The van der Waals surface area contributed by atoms with Crippen LogP contribution in [0.3, 0.4) is 0 Å². The largest absolute Gasteiger partial charge is 0.396 e. The maximum atomic E-state index is 14.8. The molecule has 0 aromatic rings. The van der Waals surface area contributed by atoms with Crippen molar-refractivity contribution in [2.75, 3.05) is 32.8 Å². The van der Waals surface area contributed by atoms with Crippen molar-refractivity contribution in [2.45, 2.75) is 114 Å². The third-order valence-corrected chi connectivity index (χ3v) is 11.0. The number of amides is 3. The van der Waals surface area contributed by atoms with E-state index >= 15 is 0 Å². The molecule has 232 valence electrons. The fourth-order valence-corrected chi connectivity index (χ4v) is 10.1. The number of nitrogens with zero attached hydrogens (tertiary/aromatic N) is 3. The smallest absolute Gasteiger partial charge is 0.247 e. The minimum absolute atomic E-state index is 0.00781. The first-order chi connectivity index (χ1) is 19.3. The van der Waals surface area contributed by atoms with Gasteiger partial charge in [0.1, 0.15) is 6.04 Å². The first kappa shape index (κ1) is 33.7. The van der Waals surface area contributed by atoms with Crippen molar-refractivity contribution in [1.29, 1.82) is 0 Å². The van der Waals surface area contributed by atoms with Gasteiger partial charge in [0, 0.05) is 43.6 Å². The molecule has 0 radical (unpaired) electrons. The molecule has 1 spiro atoms. The van der Waals surface area contributed by atoms with E-state index in [-0.39, 0.29) is 35.0 Å². The van der Waals surface area contributed by atoms with Crippen LogP contribution in [0.5, 0.6) is 0 Å². The van der Waals surface area contributed by atoms with Gasteiger partial charge in [-0.05, 0) is 57.8 Å². The van der Waals surface area contributed by atoms with E-state index in [1.54, 1.807) is 23.9 Å². The van der Waals surface area contributed by atoms with Crippen molar-refractivity contribution < 1.29 is 19.5 Å². The van der Waals surface area contributed by atoms with Crippen LogP contribution in [0.15, 0.2) is 25.3 Å². The van der Waals surface area contributed by atoms with Crippen LogP contribution in [0.4, 0.5) is 0 Å². The van der Waals surface area contributed by atoms with E-state index in [1.165, 1.54) is 0 Å². The van der Waals surface area contributed by atoms with Gasteiger partial charge in [-0.25, -0.2) is 0 Å². The molecule has 0 aromatic carbocycles. The van der Waals surface area contributed by atoms with Crippen molar-refractivity contribution in [3.05, 3.63) is 25.3 Å². The van der Waals surface area contributed by atoms with E-state index in [2.05, 4.69) is 54.7 Å². The molecule has 3 aliphatic heterocycles. The van der Waals surface area contributed by atoms with E-state index < -0.39 is 28.2 Å². The summed E-state index contributed by atoms with van der Waals surface area (Å²) >= 11 is 1.75. The normalized spacial score (nSPS) is 27.2. The van der Waals surface area contributed by atoms with Crippen LogP contribution < -0.4 is 0 Å². The Kier molecular flexibility index (Phi) is 11.2. The molecule has 0 aliphatic carbocycles. The minimum Gasteiger partial charge on any atom is -0.396 e. The first-order valence-corrected chi connectivity index (χ1v) is 16.6. The molecule has 2 bridgehead atoms. The number of fused-ring (bicyclic) bond motifs is 1. The fraction of sp³-hybridized carbons (Fsp3) is 0.788. The summed E-state index contributed by atoms with van der Waals surface area (Å²) < 4.78 is -0.590. The Morgan fingerprint density at radius 3 is 2.32 bits per heavy atom. The first-order valence-electron chi connectivity index (χ1n) is 15.7. The van der Waals surface area contributed by atoms with Crippen molar-refractivity contribution in [1.82, 2.24) is 14.7 Å². The number of aliphatic hydroxyl groups excluding tert-OH is 1. The van der Waals surface area contributed by atoms with Gasteiger partial charge < -0.3 is 19.8 Å². The monoisotopic (exact) mass is 589 g/mol. The van der Waals surface area contributed by atoms with Gasteiger partial charge in [0.05, 0.1) is 16.6 Å². The van der Waals surface area contributed by atoms with Gasteiger partial charge in [0.15, 0.2) is 0 Å². The standard InChI is InChI=1S/C33H55N3O4S/c1-9-18-34(19-10-2)28(38)25-24-16-17-33(41-24)26(25)29(39)35(21-14-12-13-15-22-37)27(33)30(40)36(20-11-3)32(7,8)23-31(4,5)6/h9,11,24-27,37H,1,3,10,12-23H2,2,4-8H3/t24-,25+,26-,27?,33?/m0/s1. The summed E-state index contributed by atoms with van der Waals surface area (Å²) in [7, 11) is 0. The molecule has 1 N–H and O–H groups in total. The number of thioether (sulfide) groups is 1. The van der Waals surface area contributed by atoms with Crippen molar-refractivity contribution in [3.63, 3.8) is 0 Å². The maximum absolute atomic E-state index is 14.8. The number of rotatable bonds is 16. The second-order valence-electron chi connectivity index (χ2n) is 14.1. The number of likely N-dealkylation sites (tertiary alicyclic amines) is 1. The average Bonchev–Trinajstić information content (AvgIpc) is 3.52. The molecule has 3 amide bonds. The predicted octanol–water partition coefficient (Wildman–Crippen LogP) is 5.28. The van der Waals surface area contributed by atoms with Crippen molar-refractivity contribution in [2.24, 2.45) is 17.3 Å². The highest BCUT2D eigenvalue weighted by Gasteiger charge is 2.74. The van der Waals surface area contributed by atoms with Gasteiger partial charge in [0.2, 0.25) is 17.7 Å². The fourth-order valence-electron chi connectivity index (χ4n) is 7.94. The average molecular weight is 590 g/mol. The molecule has 3 saturated heterocycles. The summed E-state index contributed by atoms with van der Waals surface area (Å²) in [6.07, 6.45) is 10.1. The van der Waals surface area contributed by atoms with Crippen LogP contribution in [0, 0.1) is 17.3 Å². The highest BCUT2D eigenvalue weighted by Crippen LogP contribution is 2.67. The number of hydrogen-bond acceptors (Lipinski definition) is 5.